The largest absolute Gasteiger partial charge is 0.480 e. The van der Waals surface area contributed by atoms with Gasteiger partial charge in [-0.15, -0.1) is 11.3 Å². The molecule has 1 aromatic rings. The number of carboxylic acids is 1. The zero-order valence-corrected chi connectivity index (χ0v) is 11.3. The molecule has 0 saturated carbocycles. The highest BCUT2D eigenvalue weighted by molar-refractivity contribution is 7.09. The molecule has 19 heavy (non-hydrogen) atoms. The lowest BCUT2D eigenvalue weighted by atomic mass is 10.1. The number of aliphatic carboxylic acids is 1. The summed E-state index contributed by atoms with van der Waals surface area (Å²) in [5.74, 6) is -1.22. The second-order valence-corrected chi connectivity index (χ2v) is 5.75. The fourth-order valence-corrected chi connectivity index (χ4v) is 3.09. The molecule has 1 unspecified atom stereocenters. The van der Waals surface area contributed by atoms with Gasteiger partial charge < -0.3 is 15.1 Å². The van der Waals surface area contributed by atoms with Gasteiger partial charge in [0, 0.05) is 24.3 Å². The van der Waals surface area contributed by atoms with Crippen molar-refractivity contribution in [1.29, 1.82) is 0 Å². The van der Waals surface area contributed by atoms with Gasteiger partial charge in [0.1, 0.15) is 6.04 Å². The van der Waals surface area contributed by atoms with E-state index in [1.165, 1.54) is 9.78 Å². The van der Waals surface area contributed by atoms with E-state index in [4.69, 9.17) is 5.11 Å². The van der Waals surface area contributed by atoms with E-state index in [9.17, 15) is 14.7 Å². The summed E-state index contributed by atoms with van der Waals surface area (Å²) >= 11 is 1.65. The van der Waals surface area contributed by atoms with Gasteiger partial charge >= 0.3 is 5.97 Å². The first-order valence-electron chi connectivity index (χ1n) is 6.30. The number of likely N-dealkylation sites (tertiary alicyclic amines) is 1. The number of rotatable bonds is 5. The van der Waals surface area contributed by atoms with Crippen LogP contribution in [-0.4, -0.2) is 45.7 Å². The zero-order chi connectivity index (χ0) is 13.8. The standard InChI is InChI=1S/C13H17NO4S/c15-9-7-11(13(17)18)14(8-9)12(16)5-1-3-10-4-2-6-19-10/h2,4,6,9,11,15H,1,3,5,7-8H2,(H,17,18)/t9?,11-/m0/s1. The van der Waals surface area contributed by atoms with Gasteiger partial charge in [0.25, 0.3) is 0 Å². The second-order valence-electron chi connectivity index (χ2n) is 4.72. The quantitative estimate of drug-likeness (QED) is 0.849. The van der Waals surface area contributed by atoms with Crippen LogP contribution in [0.25, 0.3) is 0 Å². The fourth-order valence-electron chi connectivity index (χ4n) is 2.34. The van der Waals surface area contributed by atoms with Crippen LogP contribution >= 0.6 is 11.3 Å². The van der Waals surface area contributed by atoms with Crippen molar-refractivity contribution in [1.82, 2.24) is 4.90 Å². The first-order valence-corrected chi connectivity index (χ1v) is 7.18. The lowest BCUT2D eigenvalue weighted by molar-refractivity contribution is -0.148. The minimum absolute atomic E-state index is 0.131. The van der Waals surface area contributed by atoms with E-state index in [1.54, 1.807) is 11.3 Å². The third-order valence-corrected chi connectivity index (χ3v) is 4.21. The molecule has 1 aliphatic heterocycles. The molecule has 1 aromatic heterocycles. The van der Waals surface area contributed by atoms with Gasteiger partial charge in [0.15, 0.2) is 0 Å². The van der Waals surface area contributed by atoms with Crippen LogP contribution < -0.4 is 0 Å². The Bertz CT molecular complexity index is 446. The SMILES string of the molecule is O=C(O)[C@@H]1CC(O)CN1C(=O)CCCc1cccs1. The zero-order valence-electron chi connectivity index (χ0n) is 10.5. The van der Waals surface area contributed by atoms with E-state index in [-0.39, 0.29) is 18.9 Å². The molecule has 104 valence electrons. The van der Waals surface area contributed by atoms with Crippen LogP contribution in [0.3, 0.4) is 0 Å². The third-order valence-electron chi connectivity index (χ3n) is 3.28. The van der Waals surface area contributed by atoms with Gasteiger partial charge in [-0.3, -0.25) is 4.79 Å². The van der Waals surface area contributed by atoms with Gasteiger partial charge in [-0.25, -0.2) is 4.79 Å². The van der Waals surface area contributed by atoms with Crippen LogP contribution in [0.2, 0.25) is 0 Å². The third kappa shape index (κ3) is 3.54. The highest BCUT2D eigenvalue weighted by Crippen LogP contribution is 2.20. The molecule has 0 aliphatic carbocycles. The Labute approximate surface area is 115 Å². The molecule has 2 N–H and O–H groups in total. The van der Waals surface area contributed by atoms with Crippen LogP contribution in [0, 0.1) is 0 Å². The predicted octanol–water partition coefficient (Wildman–Crippen LogP) is 1.12. The minimum atomic E-state index is -1.04. The van der Waals surface area contributed by atoms with Crippen molar-refractivity contribution < 1.29 is 19.8 Å². The number of hydrogen-bond acceptors (Lipinski definition) is 4. The minimum Gasteiger partial charge on any atom is -0.480 e. The van der Waals surface area contributed by atoms with Crippen molar-refractivity contribution in [2.45, 2.75) is 37.8 Å². The molecule has 1 amide bonds. The summed E-state index contributed by atoms with van der Waals surface area (Å²) in [6.07, 6.45) is 1.28. The Morgan fingerprint density at radius 1 is 1.47 bits per heavy atom. The van der Waals surface area contributed by atoms with Crippen molar-refractivity contribution in [3.05, 3.63) is 22.4 Å². The maximum absolute atomic E-state index is 12.0. The highest BCUT2D eigenvalue weighted by atomic mass is 32.1. The van der Waals surface area contributed by atoms with Crippen molar-refractivity contribution in [2.75, 3.05) is 6.54 Å². The summed E-state index contributed by atoms with van der Waals surface area (Å²) < 4.78 is 0. The number of aliphatic hydroxyl groups excluding tert-OH is 1. The summed E-state index contributed by atoms with van der Waals surface area (Å²) in [7, 11) is 0. The summed E-state index contributed by atoms with van der Waals surface area (Å²) in [6, 6.07) is 3.12. The smallest absolute Gasteiger partial charge is 0.326 e. The number of nitrogens with zero attached hydrogens (tertiary/aromatic N) is 1. The summed E-state index contributed by atoms with van der Waals surface area (Å²) in [4.78, 5) is 25.5. The molecule has 2 heterocycles. The number of aryl methyl sites for hydroxylation is 1. The molecule has 1 saturated heterocycles. The molecule has 0 bridgehead atoms. The Morgan fingerprint density at radius 3 is 2.89 bits per heavy atom. The number of carbonyl (C=O) groups excluding carboxylic acids is 1. The number of thiophene rings is 1. The Morgan fingerprint density at radius 2 is 2.26 bits per heavy atom. The predicted molar refractivity (Wildman–Crippen MR) is 71.0 cm³/mol. The first kappa shape index (κ1) is 14.0. The van der Waals surface area contributed by atoms with Crippen molar-refractivity contribution in [3.63, 3.8) is 0 Å². The molecule has 0 aromatic carbocycles. The van der Waals surface area contributed by atoms with E-state index in [1.807, 2.05) is 17.5 Å². The molecular formula is C13H17NO4S. The average Bonchev–Trinajstić information content (AvgIpc) is 2.98. The number of hydrogen-bond donors (Lipinski definition) is 2. The second kappa shape index (κ2) is 6.16. The van der Waals surface area contributed by atoms with E-state index in [2.05, 4.69) is 0 Å². The molecule has 1 fully saturated rings. The van der Waals surface area contributed by atoms with E-state index >= 15 is 0 Å². The molecule has 2 rings (SSSR count). The van der Waals surface area contributed by atoms with Crippen LogP contribution in [0.5, 0.6) is 0 Å². The highest BCUT2D eigenvalue weighted by Gasteiger charge is 2.38. The fraction of sp³-hybridized carbons (Fsp3) is 0.538. The summed E-state index contributed by atoms with van der Waals surface area (Å²) in [5.41, 5.74) is 0. The maximum Gasteiger partial charge on any atom is 0.326 e. The van der Waals surface area contributed by atoms with Crippen LogP contribution in [0.1, 0.15) is 24.1 Å². The molecular weight excluding hydrogens is 266 g/mol. The Balaban J connectivity index is 1.83. The van der Waals surface area contributed by atoms with Crippen molar-refractivity contribution in [2.24, 2.45) is 0 Å². The maximum atomic E-state index is 12.0. The molecule has 0 spiro atoms. The summed E-state index contributed by atoms with van der Waals surface area (Å²) in [5, 5.41) is 20.5. The van der Waals surface area contributed by atoms with Gasteiger partial charge in [-0.1, -0.05) is 6.07 Å². The molecule has 6 heteroatoms. The van der Waals surface area contributed by atoms with Gasteiger partial charge in [0.2, 0.25) is 5.91 Å². The van der Waals surface area contributed by atoms with Gasteiger partial charge in [-0.05, 0) is 24.3 Å². The van der Waals surface area contributed by atoms with E-state index in [0.717, 1.165) is 6.42 Å². The van der Waals surface area contributed by atoms with Crippen molar-refractivity contribution in [3.8, 4) is 0 Å². The Hall–Kier alpha value is -1.40. The van der Waals surface area contributed by atoms with Crippen molar-refractivity contribution >= 4 is 23.2 Å². The lowest BCUT2D eigenvalue weighted by Gasteiger charge is -2.21. The molecule has 2 atom stereocenters. The number of β-amino-alcohol motifs (C(OH)–C–C–N with tert-alkyl or cyclic N) is 1. The molecule has 5 nitrogen and oxygen atoms in total. The molecule has 0 radical (unpaired) electrons. The summed E-state index contributed by atoms with van der Waals surface area (Å²) in [6.45, 7) is 0.134. The number of carbonyl (C=O) groups is 2. The topological polar surface area (TPSA) is 77.8 Å². The van der Waals surface area contributed by atoms with Crippen LogP contribution in [0.15, 0.2) is 17.5 Å². The number of carboxylic acid groups (broad SMARTS) is 1. The average molecular weight is 283 g/mol. The lowest BCUT2D eigenvalue weighted by Crippen LogP contribution is -2.40. The molecule has 1 aliphatic rings. The van der Waals surface area contributed by atoms with E-state index < -0.39 is 18.1 Å². The van der Waals surface area contributed by atoms with Gasteiger partial charge in [0.05, 0.1) is 6.10 Å². The van der Waals surface area contributed by atoms with Crippen LogP contribution in [-0.2, 0) is 16.0 Å². The van der Waals surface area contributed by atoms with Gasteiger partial charge in [-0.2, -0.15) is 0 Å². The Kier molecular flexibility index (Phi) is 4.55. The normalized spacial score (nSPS) is 22.7. The van der Waals surface area contributed by atoms with E-state index in [0.29, 0.717) is 12.8 Å². The van der Waals surface area contributed by atoms with Crippen LogP contribution in [0.4, 0.5) is 0 Å². The number of amides is 1. The monoisotopic (exact) mass is 283 g/mol. The number of aliphatic hydroxyl groups is 1. The first-order chi connectivity index (χ1) is 9.08.